The zero-order chi connectivity index (χ0) is 19.5. The van der Waals surface area contributed by atoms with Crippen LogP contribution in [0.2, 0.25) is 0 Å². The summed E-state index contributed by atoms with van der Waals surface area (Å²) in [4.78, 5) is 25.9. The van der Waals surface area contributed by atoms with Crippen molar-refractivity contribution in [1.29, 1.82) is 0 Å². The third-order valence-corrected chi connectivity index (χ3v) is 4.89. The fourth-order valence-electron chi connectivity index (χ4n) is 3.29. The molecule has 0 radical (unpaired) electrons. The Morgan fingerprint density at radius 3 is 2.36 bits per heavy atom. The van der Waals surface area contributed by atoms with Crippen LogP contribution in [0.4, 0.5) is 11.5 Å². The van der Waals surface area contributed by atoms with Gasteiger partial charge in [0.1, 0.15) is 0 Å². The summed E-state index contributed by atoms with van der Waals surface area (Å²) in [6.07, 6.45) is 0.969. The number of ketones is 1. The van der Waals surface area contributed by atoms with Crippen LogP contribution in [0.3, 0.4) is 0 Å². The molecule has 0 saturated heterocycles. The number of Topliss-reactive ketones (excluding diaryl/α,β-unsaturated/α-hetero) is 1. The largest absolute Gasteiger partial charge is 0.350 e. The fourth-order valence-corrected chi connectivity index (χ4v) is 3.29. The molecule has 1 N–H and O–H groups in total. The first-order chi connectivity index (χ1) is 13.6. The van der Waals surface area contributed by atoms with Gasteiger partial charge in [0.2, 0.25) is 0 Å². The van der Waals surface area contributed by atoms with E-state index in [1.165, 1.54) is 18.1 Å². The lowest BCUT2D eigenvalue weighted by molar-refractivity contribution is 0.101. The van der Waals surface area contributed by atoms with Crippen molar-refractivity contribution in [1.82, 2.24) is 10.2 Å². The van der Waals surface area contributed by atoms with E-state index in [2.05, 4.69) is 38.6 Å². The highest BCUT2D eigenvalue weighted by Crippen LogP contribution is 2.22. The van der Waals surface area contributed by atoms with Gasteiger partial charge in [-0.15, -0.1) is 10.2 Å². The number of rotatable bonds is 4. The first-order valence-electron chi connectivity index (χ1n) is 9.18. The first-order valence-corrected chi connectivity index (χ1v) is 9.18. The van der Waals surface area contributed by atoms with Gasteiger partial charge in [0, 0.05) is 24.3 Å². The predicted octanol–water partition coefficient (Wildman–Crippen LogP) is 3.49. The summed E-state index contributed by atoms with van der Waals surface area (Å²) in [6, 6.07) is 18.7. The molecule has 28 heavy (non-hydrogen) atoms. The van der Waals surface area contributed by atoms with Gasteiger partial charge in [0.05, 0.1) is 0 Å². The van der Waals surface area contributed by atoms with E-state index in [0.717, 1.165) is 25.3 Å². The number of carbonyl (C=O) groups is 2. The number of fused-ring (bicyclic) bond motifs is 1. The number of nitrogens with one attached hydrogen (secondary N) is 1. The summed E-state index contributed by atoms with van der Waals surface area (Å²) in [5.41, 5.74) is 4.13. The Hall–Kier alpha value is -3.54. The lowest BCUT2D eigenvalue weighted by atomic mass is 10.00. The van der Waals surface area contributed by atoms with Crippen molar-refractivity contribution >= 4 is 23.2 Å². The molecule has 1 aliphatic heterocycles. The van der Waals surface area contributed by atoms with Crippen molar-refractivity contribution in [2.75, 3.05) is 16.8 Å². The number of aromatic nitrogens is 2. The maximum absolute atomic E-state index is 12.4. The summed E-state index contributed by atoms with van der Waals surface area (Å²) in [5.74, 6) is 0.412. The Labute approximate surface area is 163 Å². The molecule has 1 amide bonds. The third kappa shape index (κ3) is 3.76. The number of nitrogens with zero attached hydrogens (tertiary/aromatic N) is 3. The smallest absolute Gasteiger partial charge is 0.276 e. The highest BCUT2D eigenvalue weighted by atomic mass is 16.2. The van der Waals surface area contributed by atoms with Gasteiger partial charge in [-0.2, -0.15) is 0 Å². The van der Waals surface area contributed by atoms with E-state index in [0.29, 0.717) is 11.3 Å². The van der Waals surface area contributed by atoms with Crippen molar-refractivity contribution in [2.45, 2.75) is 19.9 Å². The molecule has 2 heterocycles. The summed E-state index contributed by atoms with van der Waals surface area (Å²) >= 11 is 0. The molecule has 4 rings (SSSR count). The van der Waals surface area contributed by atoms with E-state index in [9.17, 15) is 9.59 Å². The Morgan fingerprint density at radius 2 is 1.68 bits per heavy atom. The predicted molar refractivity (Wildman–Crippen MR) is 108 cm³/mol. The summed E-state index contributed by atoms with van der Waals surface area (Å²) < 4.78 is 0. The minimum Gasteiger partial charge on any atom is -0.350 e. The van der Waals surface area contributed by atoms with Gasteiger partial charge in [0.15, 0.2) is 17.3 Å². The second kappa shape index (κ2) is 7.60. The number of hydrogen-bond donors (Lipinski definition) is 1. The molecule has 1 aliphatic rings. The molecule has 6 heteroatoms. The van der Waals surface area contributed by atoms with E-state index in [1.807, 2.05) is 12.1 Å². The maximum atomic E-state index is 12.4. The lowest BCUT2D eigenvalue weighted by Gasteiger charge is -2.29. The van der Waals surface area contributed by atoms with Gasteiger partial charge >= 0.3 is 0 Å². The van der Waals surface area contributed by atoms with E-state index >= 15 is 0 Å². The van der Waals surface area contributed by atoms with E-state index in [1.54, 1.807) is 30.3 Å². The van der Waals surface area contributed by atoms with Crippen LogP contribution in [-0.4, -0.2) is 28.4 Å². The highest BCUT2D eigenvalue weighted by Gasteiger charge is 2.18. The average molecular weight is 372 g/mol. The van der Waals surface area contributed by atoms with Crippen LogP contribution in [0.25, 0.3) is 0 Å². The van der Waals surface area contributed by atoms with Gasteiger partial charge in [-0.25, -0.2) is 0 Å². The van der Waals surface area contributed by atoms with E-state index in [4.69, 9.17) is 0 Å². The summed E-state index contributed by atoms with van der Waals surface area (Å²) in [6.45, 7) is 3.17. The Kier molecular flexibility index (Phi) is 4.85. The first kappa shape index (κ1) is 17.9. The standard InChI is InChI=1S/C22H20N4O2/c1-15(27)16-6-8-19(9-7-16)23-22(28)20-10-11-21(25-24-20)26-13-12-17-4-2-3-5-18(17)14-26/h2-11H,12-14H2,1H3,(H,23,28). The van der Waals surface area contributed by atoms with Gasteiger partial charge in [-0.05, 0) is 60.9 Å². The maximum Gasteiger partial charge on any atom is 0.276 e. The molecule has 140 valence electrons. The summed E-state index contributed by atoms with van der Waals surface area (Å²) in [7, 11) is 0. The number of amides is 1. The molecular weight excluding hydrogens is 352 g/mol. The molecule has 0 bridgehead atoms. The fraction of sp³-hybridized carbons (Fsp3) is 0.182. The Bertz CT molecular complexity index is 1010. The van der Waals surface area contributed by atoms with E-state index < -0.39 is 0 Å². The minimum absolute atomic E-state index is 0.0142. The van der Waals surface area contributed by atoms with Crippen molar-refractivity contribution in [3.05, 3.63) is 83.0 Å². The molecule has 0 spiro atoms. The van der Waals surface area contributed by atoms with Gasteiger partial charge in [-0.3, -0.25) is 9.59 Å². The van der Waals surface area contributed by atoms with Gasteiger partial charge in [0.25, 0.3) is 5.91 Å². The molecule has 1 aromatic heterocycles. The number of carbonyl (C=O) groups excluding carboxylic acids is 2. The summed E-state index contributed by atoms with van der Waals surface area (Å²) in [5, 5.41) is 11.1. The Balaban J connectivity index is 1.43. The van der Waals surface area contributed by atoms with Gasteiger partial charge in [-0.1, -0.05) is 24.3 Å². The van der Waals surface area contributed by atoms with Crippen molar-refractivity contribution in [3.63, 3.8) is 0 Å². The Morgan fingerprint density at radius 1 is 0.929 bits per heavy atom. The third-order valence-electron chi connectivity index (χ3n) is 4.89. The molecular formula is C22H20N4O2. The zero-order valence-electron chi connectivity index (χ0n) is 15.6. The quantitative estimate of drug-likeness (QED) is 0.710. The number of anilines is 2. The van der Waals surface area contributed by atoms with Crippen molar-refractivity contribution in [2.24, 2.45) is 0 Å². The number of hydrogen-bond acceptors (Lipinski definition) is 5. The molecule has 0 saturated carbocycles. The SMILES string of the molecule is CC(=O)c1ccc(NC(=O)c2ccc(N3CCc4ccccc4C3)nn2)cc1. The van der Waals surface area contributed by atoms with Crippen LogP contribution in [0.15, 0.2) is 60.7 Å². The van der Waals surface area contributed by atoms with Crippen molar-refractivity contribution < 1.29 is 9.59 Å². The van der Waals surface area contributed by atoms with E-state index in [-0.39, 0.29) is 17.4 Å². The topological polar surface area (TPSA) is 75.2 Å². The molecule has 6 nitrogen and oxygen atoms in total. The molecule has 0 atom stereocenters. The molecule has 2 aromatic carbocycles. The van der Waals surface area contributed by atoms with Crippen LogP contribution in [-0.2, 0) is 13.0 Å². The van der Waals surface area contributed by atoms with Crippen LogP contribution in [0, 0.1) is 0 Å². The normalized spacial score (nSPS) is 13.0. The molecule has 0 fully saturated rings. The van der Waals surface area contributed by atoms with Crippen LogP contribution in [0.1, 0.15) is 38.9 Å². The highest BCUT2D eigenvalue weighted by molar-refractivity contribution is 6.03. The van der Waals surface area contributed by atoms with Gasteiger partial charge < -0.3 is 10.2 Å². The second-order valence-electron chi connectivity index (χ2n) is 6.80. The van der Waals surface area contributed by atoms with Crippen LogP contribution in [0.5, 0.6) is 0 Å². The average Bonchev–Trinajstić information content (AvgIpc) is 2.74. The second-order valence-corrected chi connectivity index (χ2v) is 6.80. The molecule has 3 aromatic rings. The monoisotopic (exact) mass is 372 g/mol. The van der Waals surface area contributed by atoms with Crippen LogP contribution >= 0.6 is 0 Å². The van der Waals surface area contributed by atoms with Crippen molar-refractivity contribution in [3.8, 4) is 0 Å². The minimum atomic E-state index is -0.335. The lowest BCUT2D eigenvalue weighted by Crippen LogP contribution is -2.31. The molecule has 0 unspecified atom stereocenters. The zero-order valence-corrected chi connectivity index (χ0v) is 15.6. The number of benzene rings is 2. The van der Waals surface area contributed by atoms with Crippen LogP contribution < -0.4 is 10.2 Å². The molecule has 0 aliphatic carbocycles.